The predicted molar refractivity (Wildman–Crippen MR) is 91.3 cm³/mol. The third kappa shape index (κ3) is 4.75. The Morgan fingerprint density at radius 2 is 1.87 bits per heavy atom. The first-order valence-electron chi connectivity index (χ1n) is 7.91. The average Bonchev–Trinajstić information content (AvgIpc) is 2.49. The van der Waals surface area contributed by atoms with E-state index in [1.54, 1.807) is 14.0 Å². The third-order valence-corrected chi connectivity index (χ3v) is 4.26. The first-order chi connectivity index (χ1) is 10.9. The Morgan fingerprint density at radius 3 is 2.39 bits per heavy atom. The number of halogens is 1. The van der Waals surface area contributed by atoms with Crippen LogP contribution < -0.4 is 9.47 Å². The van der Waals surface area contributed by atoms with E-state index in [0.29, 0.717) is 16.5 Å². The van der Waals surface area contributed by atoms with E-state index in [1.807, 2.05) is 30.9 Å². The molecule has 0 atom stereocenters. The number of carbonyl (C=O) groups excluding carboxylic acids is 1. The molecule has 128 valence electrons. The van der Waals surface area contributed by atoms with Crippen molar-refractivity contribution in [1.82, 2.24) is 9.80 Å². The van der Waals surface area contributed by atoms with Crippen LogP contribution in [0.1, 0.15) is 26.3 Å². The van der Waals surface area contributed by atoms with Crippen LogP contribution in [0, 0.1) is 0 Å². The quantitative estimate of drug-likeness (QED) is 0.826. The van der Waals surface area contributed by atoms with Gasteiger partial charge in [0.1, 0.15) is 0 Å². The van der Waals surface area contributed by atoms with E-state index in [0.717, 1.165) is 38.3 Å². The van der Waals surface area contributed by atoms with Gasteiger partial charge in [-0.15, -0.1) is 0 Å². The second-order valence-electron chi connectivity index (χ2n) is 6.04. The van der Waals surface area contributed by atoms with Crippen molar-refractivity contribution in [1.29, 1.82) is 0 Å². The van der Waals surface area contributed by atoms with Gasteiger partial charge >= 0.3 is 0 Å². The molecule has 6 heteroatoms. The Hall–Kier alpha value is -1.46. The molecular weight excluding hydrogens is 316 g/mol. The summed E-state index contributed by atoms with van der Waals surface area (Å²) in [7, 11) is 1.63. The van der Waals surface area contributed by atoms with Crippen LogP contribution in [0.15, 0.2) is 12.1 Å². The molecule has 0 saturated carbocycles. The van der Waals surface area contributed by atoms with Crippen LogP contribution in [0.5, 0.6) is 11.5 Å². The summed E-state index contributed by atoms with van der Waals surface area (Å²) in [5.74, 6) is 1.50. The minimum absolute atomic E-state index is 0.0606. The SMILES string of the molecule is COc1cc(CN2CCN(C(C)=O)CC2)c(Cl)cc1OC(C)C. The van der Waals surface area contributed by atoms with Gasteiger partial charge in [0.2, 0.25) is 5.91 Å². The molecule has 1 amide bonds. The van der Waals surface area contributed by atoms with Gasteiger partial charge in [-0.1, -0.05) is 11.6 Å². The highest BCUT2D eigenvalue weighted by Crippen LogP contribution is 2.34. The van der Waals surface area contributed by atoms with Crippen LogP contribution in [0.4, 0.5) is 0 Å². The van der Waals surface area contributed by atoms with Crippen LogP contribution in [-0.4, -0.2) is 55.1 Å². The van der Waals surface area contributed by atoms with Crippen molar-refractivity contribution in [2.24, 2.45) is 0 Å². The molecule has 1 fully saturated rings. The summed E-state index contributed by atoms with van der Waals surface area (Å²) < 4.78 is 11.2. The number of carbonyl (C=O) groups is 1. The summed E-state index contributed by atoms with van der Waals surface area (Å²) in [6.07, 6.45) is 0.0606. The normalized spacial score (nSPS) is 15.8. The monoisotopic (exact) mass is 340 g/mol. The Bertz CT molecular complexity index is 555. The van der Waals surface area contributed by atoms with Crippen molar-refractivity contribution in [3.05, 3.63) is 22.7 Å². The van der Waals surface area contributed by atoms with Gasteiger partial charge in [0.15, 0.2) is 11.5 Å². The van der Waals surface area contributed by atoms with Crippen LogP contribution in [0.3, 0.4) is 0 Å². The molecule has 5 nitrogen and oxygen atoms in total. The molecular formula is C17H25ClN2O3. The van der Waals surface area contributed by atoms with E-state index >= 15 is 0 Å². The number of hydrogen-bond acceptors (Lipinski definition) is 4. The second kappa shape index (κ2) is 7.88. The molecule has 2 rings (SSSR count). The standard InChI is InChI=1S/C17H25ClN2O3/c1-12(2)23-17-10-15(18)14(9-16(17)22-4)11-19-5-7-20(8-6-19)13(3)21/h9-10,12H,5-8,11H2,1-4H3. The van der Waals surface area contributed by atoms with Crippen LogP contribution >= 0.6 is 11.6 Å². The highest BCUT2D eigenvalue weighted by Gasteiger charge is 2.20. The molecule has 0 bridgehead atoms. The first-order valence-corrected chi connectivity index (χ1v) is 8.29. The summed E-state index contributed by atoms with van der Waals surface area (Å²) in [5, 5.41) is 0.676. The molecule has 0 aliphatic carbocycles. The maximum Gasteiger partial charge on any atom is 0.219 e. The third-order valence-electron chi connectivity index (χ3n) is 3.91. The lowest BCUT2D eigenvalue weighted by Gasteiger charge is -2.34. The molecule has 1 aliphatic rings. The van der Waals surface area contributed by atoms with E-state index < -0.39 is 0 Å². The average molecular weight is 341 g/mol. The zero-order chi connectivity index (χ0) is 17.0. The Kier molecular flexibility index (Phi) is 6.13. The van der Waals surface area contributed by atoms with Gasteiger partial charge in [-0.2, -0.15) is 0 Å². The topological polar surface area (TPSA) is 42.0 Å². The van der Waals surface area contributed by atoms with Gasteiger partial charge in [-0.3, -0.25) is 9.69 Å². The van der Waals surface area contributed by atoms with Crippen LogP contribution in [0.2, 0.25) is 5.02 Å². The van der Waals surface area contributed by atoms with Crippen molar-refractivity contribution < 1.29 is 14.3 Å². The molecule has 1 saturated heterocycles. The molecule has 0 N–H and O–H groups in total. The van der Waals surface area contributed by atoms with Crippen molar-refractivity contribution in [3.63, 3.8) is 0 Å². The molecule has 0 radical (unpaired) electrons. The van der Waals surface area contributed by atoms with E-state index in [2.05, 4.69) is 4.90 Å². The highest BCUT2D eigenvalue weighted by molar-refractivity contribution is 6.31. The van der Waals surface area contributed by atoms with Crippen molar-refractivity contribution in [2.45, 2.75) is 33.4 Å². The van der Waals surface area contributed by atoms with E-state index in [9.17, 15) is 4.79 Å². The zero-order valence-electron chi connectivity index (χ0n) is 14.3. The zero-order valence-corrected chi connectivity index (χ0v) is 15.0. The van der Waals surface area contributed by atoms with E-state index in [-0.39, 0.29) is 12.0 Å². The summed E-state index contributed by atoms with van der Waals surface area (Å²) in [5.41, 5.74) is 1.01. The van der Waals surface area contributed by atoms with Gasteiger partial charge < -0.3 is 14.4 Å². The molecule has 1 heterocycles. The Morgan fingerprint density at radius 1 is 1.22 bits per heavy atom. The van der Waals surface area contributed by atoms with E-state index in [1.165, 1.54) is 0 Å². The minimum atomic E-state index is 0.0606. The maximum atomic E-state index is 11.4. The number of nitrogens with zero attached hydrogens (tertiary/aromatic N) is 2. The van der Waals surface area contributed by atoms with Gasteiger partial charge in [0.25, 0.3) is 0 Å². The lowest BCUT2D eigenvalue weighted by molar-refractivity contribution is -0.130. The summed E-state index contributed by atoms with van der Waals surface area (Å²) in [6, 6.07) is 3.76. The number of ether oxygens (including phenoxy) is 2. The fourth-order valence-corrected chi connectivity index (χ4v) is 2.88. The van der Waals surface area contributed by atoms with E-state index in [4.69, 9.17) is 21.1 Å². The molecule has 0 aromatic heterocycles. The molecule has 1 aromatic rings. The number of piperazine rings is 1. The van der Waals surface area contributed by atoms with Gasteiger partial charge in [-0.25, -0.2) is 0 Å². The molecule has 0 unspecified atom stereocenters. The molecule has 23 heavy (non-hydrogen) atoms. The smallest absolute Gasteiger partial charge is 0.219 e. The number of rotatable bonds is 5. The molecule has 1 aliphatic heterocycles. The van der Waals surface area contributed by atoms with Crippen LogP contribution in [-0.2, 0) is 11.3 Å². The first kappa shape index (κ1) is 17.9. The fraction of sp³-hybridized carbons (Fsp3) is 0.588. The summed E-state index contributed by atoms with van der Waals surface area (Å²) >= 11 is 6.41. The number of benzene rings is 1. The largest absolute Gasteiger partial charge is 0.493 e. The van der Waals surface area contributed by atoms with Crippen molar-refractivity contribution in [3.8, 4) is 11.5 Å². The van der Waals surface area contributed by atoms with Crippen LogP contribution in [0.25, 0.3) is 0 Å². The number of hydrogen-bond donors (Lipinski definition) is 0. The lowest BCUT2D eigenvalue weighted by atomic mass is 10.1. The highest BCUT2D eigenvalue weighted by atomic mass is 35.5. The molecule has 1 aromatic carbocycles. The second-order valence-corrected chi connectivity index (χ2v) is 6.45. The summed E-state index contributed by atoms with van der Waals surface area (Å²) in [6.45, 7) is 9.52. The van der Waals surface area contributed by atoms with Gasteiger partial charge in [0, 0.05) is 50.7 Å². The maximum absolute atomic E-state index is 11.4. The molecule has 0 spiro atoms. The van der Waals surface area contributed by atoms with Gasteiger partial charge in [0.05, 0.1) is 13.2 Å². The minimum Gasteiger partial charge on any atom is -0.493 e. The van der Waals surface area contributed by atoms with Crippen molar-refractivity contribution >= 4 is 17.5 Å². The Balaban J connectivity index is 2.07. The summed E-state index contributed by atoms with van der Waals surface area (Å²) in [4.78, 5) is 15.6. The number of amides is 1. The lowest BCUT2D eigenvalue weighted by Crippen LogP contribution is -2.47. The number of methoxy groups -OCH3 is 1. The predicted octanol–water partition coefficient (Wildman–Crippen LogP) is 2.80. The van der Waals surface area contributed by atoms with Gasteiger partial charge in [-0.05, 0) is 25.5 Å². The Labute approximate surface area is 143 Å². The van der Waals surface area contributed by atoms with Crippen molar-refractivity contribution in [2.75, 3.05) is 33.3 Å². The fourth-order valence-electron chi connectivity index (χ4n) is 2.67.